The van der Waals surface area contributed by atoms with Crippen LogP contribution in [-0.4, -0.2) is 45.7 Å². The van der Waals surface area contributed by atoms with E-state index >= 15 is 0 Å². The molecule has 2 unspecified atom stereocenters. The molecule has 1 aromatic carbocycles. The van der Waals surface area contributed by atoms with E-state index in [2.05, 4.69) is 0 Å². The lowest BCUT2D eigenvalue weighted by molar-refractivity contribution is -0.128. The van der Waals surface area contributed by atoms with Gasteiger partial charge < -0.3 is 29.7 Å². The predicted octanol–water partition coefficient (Wildman–Crippen LogP) is 0.370. The zero-order chi connectivity index (χ0) is 16.3. The summed E-state index contributed by atoms with van der Waals surface area (Å²) in [6, 6.07) is 2.90. The highest BCUT2D eigenvalue weighted by Gasteiger charge is 2.63. The van der Waals surface area contributed by atoms with Crippen LogP contribution in [0.3, 0.4) is 0 Å². The van der Waals surface area contributed by atoms with Gasteiger partial charge in [0.15, 0.2) is 0 Å². The Bertz CT molecular complexity index is 642. The molecule has 1 heterocycles. The van der Waals surface area contributed by atoms with Gasteiger partial charge in [-0.25, -0.2) is 4.79 Å². The molecule has 2 aliphatic rings. The van der Waals surface area contributed by atoms with Crippen LogP contribution in [0.5, 0.6) is 11.5 Å². The number of aliphatic hydroxyl groups excluding tert-OH is 1. The lowest BCUT2D eigenvalue weighted by Crippen LogP contribution is -2.39. The minimum absolute atomic E-state index is 0.0806. The van der Waals surface area contributed by atoms with Crippen LogP contribution in [0.25, 0.3) is 0 Å². The summed E-state index contributed by atoms with van der Waals surface area (Å²) in [6.45, 7) is 2.72. The third kappa shape index (κ3) is 2.06. The van der Waals surface area contributed by atoms with E-state index in [1.165, 1.54) is 6.07 Å². The molecule has 4 N–H and O–H groups in total. The van der Waals surface area contributed by atoms with Crippen molar-refractivity contribution in [2.45, 2.75) is 37.3 Å². The van der Waals surface area contributed by atoms with Gasteiger partial charge >= 0.3 is 13.1 Å². The van der Waals surface area contributed by atoms with E-state index in [-0.39, 0.29) is 23.0 Å². The Balaban J connectivity index is 2.09. The number of aromatic hydroxyl groups is 1. The highest BCUT2D eigenvalue weighted by atomic mass is 16.7. The van der Waals surface area contributed by atoms with Gasteiger partial charge in [-0.15, -0.1) is 0 Å². The van der Waals surface area contributed by atoms with Gasteiger partial charge in [-0.2, -0.15) is 0 Å². The predicted molar refractivity (Wildman–Crippen MR) is 75.6 cm³/mol. The first-order valence-corrected chi connectivity index (χ1v) is 6.97. The fraction of sp³-hybridized carbons (Fsp3) is 0.500. The van der Waals surface area contributed by atoms with Crippen LogP contribution in [0.15, 0.2) is 12.1 Å². The first-order chi connectivity index (χ1) is 10.2. The zero-order valence-corrected chi connectivity index (χ0v) is 12.2. The van der Waals surface area contributed by atoms with Crippen LogP contribution in [0.4, 0.5) is 0 Å². The van der Waals surface area contributed by atoms with Crippen molar-refractivity contribution in [1.29, 1.82) is 0 Å². The Morgan fingerprint density at radius 3 is 2.55 bits per heavy atom. The van der Waals surface area contributed by atoms with Crippen molar-refractivity contribution in [1.82, 2.24) is 0 Å². The molecule has 118 valence electrons. The number of carbonyl (C=O) groups is 1. The molecular formula is C14H17BO7. The average molecular weight is 308 g/mol. The second kappa shape index (κ2) is 4.61. The van der Waals surface area contributed by atoms with Crippen LogP contribution < -0.4 is 4.74 Å². The number of hydrogen-bond donors (Lipinski definition) is 4. The normalized spacial score (nSPS) is 28.4. The molecule has 2 atom stereocenters. The van der Waals surface area contributed by atoms with E-state index < -0.39 is 30.8 Å². The highest BCUT2D eigenvalue weighted by Crippen LogP contribution is 2.68. The molecule has 0 radical (unpaired) electrons. The molecular weight excluding hydrogens is 291 g/mol. The van der Waals surface area contributed by atoms with Crippen LogP contribution >= 0.6 is 0 Å². The van der Waals surface area contributed by atoms with Crippen molar-refractivity contribution in [3.05, 3.63) is 23.3 Å². The van der Waals surface area contributed by atoms with E-state index in [1.807, 2.05) is 0 Å². The summed E-state index contributed by atoms with van der Waals surface area (Å²) < 4.78 is 10.8. The smallest absolute Gasteiger partial charge is 0.461 e. The summed E-state index contributed by atoms with van der Waals surface area (Å²) in [7, 11) is -1.68. The van der Waals surface area contributed by atoms with Crippen molar-refractivity contribution >= 4 is 13.1 Å². The second-order valence-electron chi connectivity index (χ2n) is 6.29. The van der Waals surface area contributed by atoms with Crippen LogP contribution in [0, 0.1) is 0 Å². The first-order valence-electron chi connectivity index (χ1n) is 6.97. The third-order valence-corrected chi connectivity index (χ3v) is 4.36. The zero-order valence-electron chi connectivity index (χ0n) is 12.2. The number of benzene rings is 1. The number of aliphatic hydroxyl groups is 1. The first kappa shape index (κ1) is 15.1. The van der Waals surface area contributed by atoms with Gasteiger partial charge in [-0.3, -0.25) is 0 Å². The largest absolute Gasteiger partial charge is 0.507 e. The van der Waals surface area contributed by atoms with Crippen molar-refractivity contribution < 1.29 is 34.5 Å². The number of phenols is 1. The number of carbonyl (C=O) groups excluding carboxylic acids is 1. The van der Waals surface area contributed by atoms with Crippen molar-refractivity contribution in [2.24, 2.45) is 0 Å². The summed E-state index contributed by atoms with van der Waals surface area (Å²) in [5.41, 5.74) is 0.461. The highest BCUT2D eigenvalue weighted by molar-refractivity contribution is 6.47. The molecule has 1 fully saturated rings. The fourth-order valence-electron chi connectivity index (χ4n) is 2.99. The van der Waals surface area contributed by atoms with Gasteiger partial charge in [0, 0.05) is 25.8 Å². The number of phenolic OH excluding ortho intramolecular Hbond substituents is 1. The number of cyclic esters (lactones) is 1. The van der Waals surface area contributed by atoms with Crippen LogP contribution in [0.2, 0.25) is 5.31 Å². The Morgan fingerprint density at radius 2 is 2.00 bits per heavy atom. The molecule has 0 saturated heterocycles. The molecule has 0 spiro atoms. The molecule has 3 rings (SSSR count). The van der Waals surface area contributed by atoms with Gasteiger partial charge in [0.05, 0.1) is 0 Å². The van der Waals surface area contributed by atoms with Gasteiger partial charge in [-0.05, 0) is 24.0 Å². The molecule has 8 heteroatoms. The molecule has 1 aliphatic carbocycles. The molecule has 22 heavy (non-hydrogen) atoms. The molecule has 0 bridgehead atoms. The quantitative estimate of drug-likeness (QED) is 0.471. The lowest BCUT2D eigenvalue weighted by Gasteiger charge is -2.33. The van der Waals surface area contributed by atoms with Crippen LogP contribution in [0.1, 0.15) is 42.1 Å². The third-order valence-electron chi connectivity index (χ3n) is 4.36. The second-order valence-corrected chi connectivity index (χ2v) is 6.29. The number of ether oxygens (including phenoxy) is 2. The maximum Gasteiger partial charge on any atom is 0.461 e. The number of esters is 1. The Labute approximate surface area is 127 Å². The molecule has 1 aromatic rings. The summed E-state index contributed by atoms with van der Waals surface area (Å²) in [6.07, 6.45) is 0.344. The fourth-order valence-corrected chi connectivity index (χ4v) is 2.99. The van der Waals surface area contributed by atoms with Crippen molar-refractivity contribution in [2.75, 3.05) is 6.61 Å². The average Bonchev–Trinajstić information content (AvgIpc) is 3.12. The standard InChI is InChI=1S/C14H17BO7/c1-13(2)21-11-7(8-5-14(8,6-16)15(19)20)3-4-9(17)10(11)12(18)22-13/h3-4,8,16-17,19-20H,5-6H2,1-2H3. The minimum atomic E-state index is -1.68. The van der Waals surface area contributed by atoms with E-state index in [9.17, 15) is 25.1 Å². The molecule has 0 amide bonds. The summed E-state index contributed by atoms with van der Waals surface area (Å²) >= 11 is 0. The molecule has 7 nitrogen and oxygen atoms in total. The van der Waals surface area contributed by atoms with Gasteiger partial charge in [-0.1, -0.05) is 6.07 Å². The van der Waals surface area contributed by atoms with E-state index in [4.69, 9.17) is 9.47 Å². The van der Waals surface area contributed by atoms with E-state index in [1.54, 1.807) is 19.9 Å². The Hall–Kier alpha value is -1.77. The molecule has 0 aromatic heterocycles. The number of hydrogen-bond acceptors (Lipinski definition) is 7. The monoisotopic (exact) mass is 308 g/mol. The number of rotatable bonds is 3. The van der Waals surface area contributed by atoms with E-state index in [0.717, 1.165) is 0 Å². The van der Waals surface area contributed by atoms with Crippen molar-refractivity contribution in [3.63, 3.8) is 0 Å². The molecule has 1 aliphatic heterocycles. The van der Waals surface area contributed by atoms with Gasteiger partial charge in [0.2, 0.25) is 5.79 Å². The van der Waals surface area contributed by atoms with Gasteiger partial charge in [0.1, 0.15) is 17.1 Å². The van der Waals surface area contributed by atoms with Crippen LogP contribution in [-0.2, 0) is 4.74 Å². The number of fused-ring (bicyclic) bond motifs is 1. The maximum atomic E-state index is 12.1. The summed E-state index contributed by atoms with van der Waals surface area (Å²) in [5.74, 6) is -2.37. The topological polar surface area (TPSA) is 116 Å². The summed E-state index contributed by atoms with van der Waals surface area (Å²) in [4.78, 5) is 12.1. The van der Waals surface area contributed by atoms with E-state index in [0.29, 0.717) is 12.0 Å². The minimum Gasteiger partial charge on any atom is -0.507 e. The summed E-state index contributed by atoms with van der Waals surface area (Å²) in [5, 5.41) is 37.3. The van der Waals surface area contributed by atoms with Crippen molar-refractivity contribution in [3.8, 4) is 11.5 Å². The Morgan fingerprint density at radius 1 is 1.32 bits per heavy atom. The lowest BCUT2D eigenvalue weighted by atomic mass is 9.67. The SMILES string of the molecule is CC1(C)OC(=O)c2c(O)ccc(C3CC3(CO)B(O)O)c2O1. The Kier molecular flexibility index (Phi) is 3.18. The van der Waals surface area contributed by atoms with Gasteiger partial charge in [0.25, 0.3) is 0 Å². The maximum absolute atomic E-state index is 12.1. The molecule has 1 saturated carbocycles.